The van der Waals surface area contributed by atoms with E-state index in [9.17, 15) is 0 Å². The lowest BCUT2D eigenvalue weighted by Crippen LogP contribution is -2.05. The van der Waals surface area contributed by atoms with Crippen LogP contribution in [-0.2, 0) is 15.9 Å². The molecule has 0 N–H and O–H groups in total. The van der Waals surface area contributed by atoms with Crippen LogP contribution in [0, 0.1) is 6.92 Å². The molecule has 2 heteroatoms. The summed E-state index contributed by atoms with van der Waals surface area (Å²) < 4.78 is 10.8. The molecule has 2 nitrogen and oxygen atoms in total. The Balaban J connectivity index is 1.84. The van der Waals surface area contributed by atoms with Gasteiger partial charge in [0.05, 0.1) is 13.2 Å². The van der Waals surface area contributed by atoms with Crippen molar-refractivity contribution in [2.75, 3.05) is 13.2 Å². The van der Waals surface area contributed by atoms with E-state index in [2.05, 4.69) is 44.2 Å². The number of hydrogen-bond donors (Lipinski definition) is 0. The van der Waals surface area contributed by atoms with Crippen molar-refractivity contribution in [1.82, 2.24) is 0 Å². The van der Waals surface area contributed by atoms with Crippen LogP contribution in [0.4, 0.5) is 0 Å². The van der Waals surface area contributed by atoms with E-state index in [4.69, 9.17) is 9.47 Å². The van der Waals surface area contributed by atoms with Gasteiger partial charge in [0.25, 0.3) is 0 Å². The summed E-state index contributed by atoms with van der Waals surface area (Å²) in [7, 11) is 0. The van der Waals surface area contributed by atoms with Crippen molar-refractivity contribution < 1.29 is 9.47 Å². The molecule has 0 atom stereocenters. The molecule has 1 aromatic rings. The van der Waals surface area contributed by atoms with E-state index in [-0.39, 0.29) is 6.29 Å². The lowest BCUT2D eigenvalue weighted by Gasteiger charge is -2.07. The number of benzene rings is 1. The summed E-state index contributed by atoms with van der Waals surface area (Å²) in [6.45, 7) is 5.74. The molecule has 1 heterocycles. The zero-order chi connectivity index (χ0) is 12.1. The SMILES string of the molecule is C/C(=C\CC1OCCO1)Cc1ccc(C)cc1. The maximum Gasteiger partial charge on any atom is 0.161 e. The van der Waals surface area contributed by atoms with Crippen LogP contribution < -0.4 is 0 Å². The summed E-state index contributed by atoms with van der Waals surface area (Å²) in [6.07, 6.45) is 4.06. The average molecular weight is 232 g/mol. The normalized spacial score (nSPS) is 17.6. The van der Waals surface area contributed by atoms with Crippen LogP contribution in [0.15, 0.2) is 35.9 Å². The van der Waals surface area contributed by atoms with Crippen LogP contribution >= 0.6 is 0 Å². The van der Waals surface area contributed by atoms with E-state index in [1.165, 1.54) is 16.7 Å². The Bertz CT molecular complexity index is 372. The first-order valence-corrected chi connectivity index (χ1v) is 6.18. The molecule has 17 heavy (non-hydrogen) atoms. The van der Waals surface area contributed by atoms with Gasteiger partial charge >= 0.3 is 0 Å². The number of ether oxygens (including phenoxy) is 2. The third-order valence-corrected chi connectivity index (χ3v) is 2.95. The van der Waals surface area contributed by atoms with Crippen LogP contribution in [0.5, 0.6) is 0 Å². The molecule has 1 aliphatic heterocycles. The van der Waals surface area contributed by atoms with Crippen molar-refractivity contribution in [3.63, 3.8) is 0 Å². The molecule has 1 fully saturated rings. The highest BCUT2D eigenvalue weighted by atomic mass is 16.7. The Morgan fingerprint density at radius 1 is 1.24 bits per heavy atom. The van der Waals surface area contributed by atoms with E-state index >= 15 is 0 Å². The van der Waals surface area contributed by atoms with Gasteiger partial charge in [0.15, 0.2) is 6.29 Å². The molecule has 0 amide bonds. The predicted octanol–water partition coefficient (Wildman–Crippen LogP) is 3.25. The second-order valence-electron chi connectivity index (χ2n) is 4.62. The Labute approximate surface area is 103 Å². The fourth-order valence-corrected chi connectivity index (χ4v) is 1.94. The molecule has 0 aromatic heterocycles. The van der Waals surface area contributed by atoms with Crippen molar-refractivity contribution >= 4 is 0 Å². The molecule has 1 aromatic carbocycles. The second-order valence-corrected chi connectivity index (χ2v) is 4.62. The maximum absolute atomic E-state index is 5.40. The first-order valence-electron chi connectivity index (χ1n) is 6.18. The van der Waals surface area contributed by atoms with Crippen molar-refractivity contribution in [1.29, 1.82) is 0 Å². The Kier molecular flexibility index (Phi) is 4.35. The molecule has 92 valence electrons. The van der Waals surface area contributed by atoms with Crippen molar-refractivity contribution in [3.05, 3.63) is 47.0 Å². The first-order chi connectivity index (χ1) is 8.24. The van der Waals surface area contributed by atoms with Crippen LogP contribution in [-0.4, -0.2) is 19.5 Å². The lowest BCUT2D eigenvalue weighted by molar-refractivity contribution is -0.0381. The van der Waals surface area contributed by atoms with E-state index < -0.39 is 0 Å². The highest BCUT2D eigenvalue weighted by molar-refractivity contribution is 5.25. The summed E-state index contributed by atoms with van der Waals surface area (Å²) in [6, 6.07) is 8.70. The highest BCUT2D eigenvalue weighted by Gasteiger charge is 2.13. The highest BCUT2D eigenvalue weighted by Crippen LogP contribution is 2.13. The van der Waals surface area contributed by atoms with Crippen molar-refractivity contribution in [2.45, 2.75) is 33.0 Å². The van der Waals surface area contributed by atoms with Gasteiger partial charge in [-0.1, -0.05) is 41.5 Å². The topological polar surface area (TPSA) is 18.5 Å². The van der Waals surface area contributed by atoms with Gasteiger partial charge in [-0.15, -0.1) is 0 Å². The first kappa shape index (κ1) is 12.3. The van der Waals surface area contributed by atoms with Crippen molar-refractivity contribution in [3.8, 4) is 0 Å². The number of hydrogen-bond acceptors (Lipinski definition) is 2. The summed E-state index contributed by atoms with van der Waals surface area (Å²) in [5.41, 5.74) is 4.04. The van der Waals surface area contributed by atoms with Crippen LogP contribution in [0.2, 0.25) is 0 Å². The van der Waals surface area contributed by atoms with E-state index in [1.807, 2.05) is 0 Å². The second kappa shape index (κ2) is 5.99. The number of allylic oxidation sites excluding steroid dienone is 1. The van der Waals surface area contributed by atoms with Crippen LogP contribution in [0.25, 0.3) is 0 Å². The van der Waals surface area contributed by atoms with E-state index in [1.54, 1.807) is 0 Å². The van der Waals surface area contributed by atoms with Crippen LogP contribution in [0.1, 0.15) is 24.5 Å². The Hall–Kier alpha value is -1.12. The molecular formula is C15H20O2. The van der Waals surface area contributed by atoms with Gasteiger partial charge in [-0.05, 0) is 25.8 Å². The lowest BCUT2D eigenvalue weighted by atomic mass is 10.0. The van der Waals surface area contributed by atoms with Gasteiger partial charge in [-0.3, -0.25) is 0 Å². The van der Waals surface area contributed by atoms with Gasteiger partial charge in [-0.2, -0.15) is 0 Å². The smallest absolute Gasteiger partial charge is 0.161 e. The summed E-state index contributed by atoms with van der Waals surface area (Å²) >= 11 is 0. The molecule has 0 radical (unpaired) electrons. The van der Waals surface area contributed by atoms with Gasteiger partial charge in [0.2, 0.25) is 0 Å². The summed E-state index contributed by atoms with van der Waals surface area (Å²) in [5, 5.41) is 0. The van der Waals surface area contributed by atoms with Gasteiger partial charge in [0.1, 0.15) is 0 Å². The van der Waals surface area contributed by atoms with Crippen LogP contribution in [0.3, 0.4) is 0 Å². The third kappa shape index (κ3) is 3.99. The molecule has 0 bridgehead atoms. The summed E-state index contributed by atoms with van der Waals surface area (Å²) in [4.78, 5) is 0. The van der Waals surface area contributed by atoms with E-state index in [0.29, 0.717) is 0 Å². The Morgan fingerprint density at radius 2 is 1.88 bits per heavy atom. The van der Waals surface area contributed by atoms with E-state index in [0.717, 1.165) is 26.1 Å². The monoisotopic (exact) mass is 232 g/mol. The molecule has 1 saturated heterocycles. The minimum Gasteiger partial charge on any atom is -0.350 e. The third-order valence-electron chi connectivity index (χ3n) is 2.95. The minimum absolute atomic E-state index is 0.0250. The molecule has 0 spiro atoms. The zero-order valence-corrected chi connectivity index (χ0v) is 10.6. The van der Waals surface area contributed by atoms with Gasteiger partial charge in [-0.25, -0.2) is 0 Å². The Morgan fingerprint density at radius 3 is 2.53 bits per heavy atom. The zero-order valence-electron chi connectivity index (χ0n) is 10.6. The fourth-order valence-electron chi connectivity index (χ4n) is 1.94. The van der Waals surface area contributed by atoms with Crippen molar-refractivity contribution in [2.24, 2.45) is 0 Å². The molecular weight excluding hydrogens is 212 g/mol. The largest absolute Gasteiger partial charge is 0.350 e. The van der Waals surface area contributed by atoms with Gasteiger partial charge in [0, 0.05) is 6.42 Å². The van der Waals surface area contributed by atoms with Gasteiger partial charge < -0.3 is 9.47 Å². The summed E-state index contributed by atoms with van der Waals surface area (Å²) in [5.74, 6) is 0. The predicted molar refractivity (Wildman–Crippen MR) is 68.9 cm³/mol. The molecule has 0 saturated carbocycles. The quantitative estimate of drug-likeness (QED) is 0.742. The number of aryl methyl sites for hydroxylation is 1. The maximum atomic E-state index is 5.40. The number of rotatable bonds is 4. The molecule has 2 rings (SSSR count). The standard InChI is InChI=1S/C15H20O2/c1-12-3-6-14(7-4-12)11-13(2)5-8-15-16-9-10-17-15/h3-7,15H,8-11H2,1-2H3/b13-5+. The molecule has 0 aliphatic carbocycles. The minimum atomic E-state index is -0.0250. The average Bonchev–Trinajstić information content (AvgIpc) is 2.83. The molecule has 0 unspecified atom stereocenters. The fraction of sp³-hybridized carbons (Fsp3) is 0.467. The molecule has 1 aliphatic rings.